The highest BCUT2D eigenvalue weighted by molar-refractivity contribution is 5.84. The second kappa shape index (κ2) is 16.3. The molecule has 0 radical (unpaired) electrons. The summed E-state index contributed by atoms with van der Waals surface area (Å²) in [5.41, 5.74) is 0.939. The van der Waals surface area contributed by atoms with E-state index in [-0.39, 0.29) is 12.5 Å². The standard InChI is InChI=1S/C23H36N2O5/c1-3-4-5-10-15-20(22(27)29-2)25-21(26)16-11-7-12-17-24-23(28)30-18-19-13-8-6-9-14-19/h6,8-9,13-14,20H,3-5,7,10-12,15-18H2,1-2H3,(H,24,28)(H,25,26)/t20-/m1/s1. The van der Waals surface area contributed by atoms with Crippen LogP contribution in [0, 0.1) is 0 Å². The van der Waals surface area contributed by atoms with Gasteiger partial charge in [0.05, 0.1) is 7.11 Å². The molecular weight excluding hydrogens is 384 g/mol. The van der Waals surface area contributed by atoms with Crippen molar-refractivity contribution in [1.82, 2.24) is 10.6 Å². The highest BCUT2D eigenvalue weighted by Gasteiger charge is 2.20. The zero-order chi connectivity index (χ0) is 22.0. The van der Waals surface area contributed by atoms with Gasteiger partial charge in [-0.2, -0.15) is 0 Å². The van der Waals surface area contributed by atoms with Crippen molar-refractivity contribution in [2.24, 2.45) is 0 Å². The summed E-state index contributed by atoms with van der Waals surface area (Å²) in [5, 5.41) is 5.49. The molecule has 0 fully saturated rings. The predicted molar refractivity (Wildman–Crippen MR) is 116 cm³/mol. The zero-order valence-electron chi connectivity index (χ0n) is 18.3. The molecule has 0 spiro atoms. The van der Waals surface area contributed by atoms with Crippen molar-refractivity contribution >= 4 is 18.0 Å². The molecule has 0 bridgehead atoms. The third kappa shape index (κ3) is 12.1. The maximum atomic E-state index is 12.1. The molecule has 0 aliphatic heterocycles. The monoisotopic (exact) mass is 420 g/mol. The first-order valence-corrected chi connectivity index (χ1v) is 10.9. The smallest absolute Gasteiger partial charge is 0.407 e. The first-order valence-electron chi connectivity index (χ1n) is 10.9. The van der Waals surface area contributed by atoms with Crippen LogP contribution in [-0.4, -0.2) is 37.7 Å². The summed E-state index contributed by atoms with van der Waals surface area (Å²) >= 11 is 0. The van der Waals surface area contributed by atoms with Gasteiger partial charge in [-0.3, -0.25) is 4.79 Å². The van der Waals surface area contributed by atoms with E-state index in [1.54, 1.807) is 0 Å². The molecule has 2 N–H and O–H groups in total. The number of alkyl carbamates (subject to hydrolysis) is 1. The molecular formula is C23H36N2O5. The van der Waals surface area contributed by atoms with Crippen molar-refractivity contribution < 1.29 is 23.9 Å². The van der Waals surface area contributed by atoms with E-state index in [4.69, 9.17) is 9.47 Å². The topological polar surface area (TPSA) is 93.7 Å². The van der Waals surface area contributed by atoms with Crippen molar-refractivity contribution in [2.45, 2.75) is 77.4 Å². The van der Waals surface area contributed by atoms with Crippen LogP contribution < -0.4 is 10.6 Å². The van der Waals surface area contributed by atoms with E-state index in [1.807, 2.05) is 30.3 Å². The average molecular weight is 421 g/mol. The molecule has 0 saturated carbocycles. The van der Waals surface area contributed by atoms with Crippen LogP contribution in [0.15, 0.2) is 30.3 Å². The zero-order valence-corrected chi connectivity index (χ0v) is 18.3. The number of benzene rings is 1. The fourth-order valence-electron chi connectivity index (χ4n) is 2.98. The van der Waals surface area contributed by atoms with Gasteiger partial charge in [-0.1, -0.05) is 69.4 Å². The maximum Gasteiger partial charge on any atom is 0.407 e. The van der Waals surface area contributed by atoms with Gasteiger partial charge in [0.1, 0.15) is 12.6 Å². The molecule has 0 aliphatic rings. The first-order chi connectivity index (χ1) is 14.6. The Morgan fingerprint density at radius 3 is 2.40 bits per heavy atom. The molecule has 7 heteroatoms. The van der Waals surface area contributed by atoms with E-state index in [0.717, 1.165) is 44.1 Å². The fourth-order valence-corrected chi connectivity index (χ4v) is 2.98. The number of hydrogen-bond acceptors (Lipinski definition) is 5. The number of unbranched alkanes of at least 4 members (excludes halogenated alkanes) is 5. The van der Waals surface area contributed by atoms with Crippen LogP contribution in [0.3, 0.4) is 0 Å². The molecule has 168 valence electrons. The summed E-state index contributed by atoms with van der Waals surface area (Å²) in [4.78, 5) is 35.6. The summed E-state index contributed by atoms with van der Waals surface area (Å²) in [6, 6.07) is 8.93. The number of ether oxygens (including phenoxy) is 2. The van der Waals surface area contributed by atoms with Crippen molar-refractivity contribution in [3.63, 3.8) is 0 Å². The Kier molecular flexibility index (Phi) is 13.8. The molecule has 0 unspecified atom stereocenters. The summed E-state index contributed by atoms with van der Waals surface area (Å²) in [5.74, 6) is -0.533. The van der Waals surface area contributed by atoms with Crippen LogP contribution in [0.1, 0.15) is 70.3 Å². The minimum Gasteiger partial charge on any atom is -0.467 e. The van der Waals surface area contributed by atoms with Gasteiger partial charge in [-0.15, -0.1) is 0 Å². The van der Waals surface area contributed by atoms with Crippen molar-refractivity contribution in [2.75, 3.05) is 13.7 Å². The van der Waals surface area contributed by atoms with Crippen LogP contribution >= 0.6 is 0 Å². The highest BCUT2D eigenvalue weighted by Crippen LogP contribution is 2.08. The molecule has 1 rings (SSSR count). The normalized spacial score (nSPS) is 11.4. The molecule has 0 aliphatic carbocycles. The van der Waals surface area contributed by atoms with Crippen LogP contribution in [0.2, 0.25) is 0 Å². The third-order valence-corrected chi connectivity index (χ3v) is 4.73. The van der Waals surface area contributed by atoms with E-state index >= 15 is 0 Å². The fraction of sp³-hybridized carbons (Fsp3) is 0.609. The summed E-state index contributed by atoms with van der Waals surface area (Å²) < 4.78 is 9.93. The molecule has 0 aromatic heterocycles. The second-order valence-corrected chi connectivity index (χ2v) is 7.29. The predicted octanol–water partition coefficient (Wildman–Crippen LogP) is 4.10. The first kappa shape index (κ1) is 25.5. The SMILES string of the molecule is CCCCCC[C@@H](NC(=O)CCCCCNC(=O)OCc1ccccc1)C(=O)OC. The van der Waals surface area contributed by atoms with E-state index in [9.17, 15) is 14.4 Å². The molecule has 7 nitrogen and oxygen atoms in total. The molecule has 2 amide bonds. The lowest BCUT2D eigenvalue weighted by Crippen LogP contribution is -2.41. The van der Waals surface area contributed by atoms with Gasteiger partial charge in [0.25, 0.3) is 0 Å². The minimum atomic E-state index is -0.569. The van der Waals surface area contributed by atoms with Gasteiger partial charge >= 0.3 is 12.1 Å². The number of amides is 2. The quantitative estimate of drug-likeness (QED) is 0.329. The van der Waals surface area contributed by atoms with E-state index in [2.05, 4.69) is 17.6 Å². The van der Waals surface area contributed by atoms with Gasteiger partial charge in [-0.05, 0) is 24.8 Å². The number of methoxy groups -OCH3 is 1. The number of rotatable bonds is 15. The largest absolute Gasteiger partial charge is 0.467 e. The van der Waals surface area contributed by atoms with E-state index in [0.29, 0.717) is 25.8 Å². The van der Waals surface area contributed by atoms with Gasteiger partial charge in [0.15, 0.2) is 0 Å². The minimum absolute atomic E-state index is 0.142. The number of carbonyl (C=O) groups is 3. The number of carbonyl (C=O) groups excluding carboxylic acids is 3. The van der Waals surface area contributed by atoms with Crippen molar-refractivity contribution in [3.05, 3.63) is 35.9 Å². The Labute approximate surface area is 179 Å². The molecule has 0 heterocycles. The molecule has 1 aromatic rings. The van der Waals surface area contributed by atoms with Gasteiger partial charge < -0.3 is 20.1 Å². The van der Waals surface area contributed by atoms with Gasteiger partial charge in [0.2, 0.25) is 5.91 Å². The Balaban J connectivity index is 2.11. The Bertz CT molecular complexity index is 621. The lowest BCUT2D eigenvalue weighted by Gasteiger charge is -2.16. The Morgan fingerprint density at radius 2 is 1.70 bits per heavy atom. The number of hydrogen-bond donors (Lipinski definition) is 2. The highest BCUT2D eigenvalue weighted by atomic mass is 16.5. The van der Waals surface area contributed by atoms with Crippen molar-refractivity contribution in [3.8, 4) is 0 Å². The summed E-state index contributed by atoms with van der Waals surface area (Å²) in [7, 11) is 1.34. The third-order valence-electron chi connectivity index (χ3n) is 4.73. The lowest BCUT2D eigenvalue weighted by atomic mass is 10.1. The van der Waals surface area contributed by atoms with Crippen LogP contribution in [0.25, 0.3) is 0 Å². The van der Waals surface area contributed by atoms with Crippen molar-refractivity contribution in [1.29, 1.82) is 0 Å². The number of esters is 1. The Morgan fingerprint density at radius 1 is 0.967 bits per heavy atom. The maximum absolute atomic E-state index is 12.1. The van der Waals surface area contributed by atoms with Gasteiger partial charge in [0, 0.05) is 13.0 Å². The molecule has 30 heavy (non-hydrogen) atoms. The summed E-state index contributed by atoms with van der Waals surface area (Å²) in [6.07, 6.45) is 6.92. The molecule has 1 aromatic carbocycles. The second-order valence-electron chi connectivity index (χ2n) is 7.29. The van der Waals surface area contributed by atoms with E-state index < -0.39 is 18.1 Å². The Hall–Kier alpha value is -2.57. The molecule has 0 saturated heterocycles. The summed E-state index contributed by atoms with van der Waals surface area (Å²) in [6.45, 7) is 2.87. The van der Waals surface area contributed by atoms with Crippen LogP contribution in [-0.2, 0) is 25.7 Å². The van der Waals surface area contributed by atoms with E-state index in [1.165, 1.54) is 7.11 Å². The van der Waals surface area contributed by atoms with Crippen LogP contribution in [0.5, 0.6) is 0 Å². The average Bonchev–Trinajstić information content (AvgIpc) is 2.76. The molecule has 1 atom stereocenters. The lowest BCUT2D eigenvalue weighted by molar-refractivity contribution is -0.145. The number of nitrogens with one attached hydrogen (secondary N) is 2. The van der Waals surface area contributed by atoms with Crippen LogP contribution in [0.4, 0.5) is 4.79 Å². The van der Waals surface area contributed by atoms with Gasteiger partial charge in [-0.25, -0.2) is 9.59 Å².